The van der Waals surface area contributed by atoms with Gasteiger partial charge in [0.2, 0.25) is 0 Å². The van der Waals surface area contributed by atoms with E-state index >= 15 is 0 Å². The first-order valence-corrected chi connectivity index (χ1v) is 12.8. The molecule has 0 aromatic carbocycles. The molecule has 0 aromatic rings. The third-order valence-corrected chi connectivity index (χ3v) is 11.0. The number of carbonyl (C=O) groups excluding carboxylic acids is 1. The average Bonchev–Trinajstić information content (AvgIpc) is 2.91. The van der Waals surface area contributed by atoms with Crippen LogP contribution in [-0.4, -0.2) is 45.5 Å². The first kappa shape index (κ1) is 20.1. The third kappa shape index (κ3) is 3.79. The molecule has 2 fully saturated rings. The van der Waals surface area contributed by atoms with Crippen molar-refractivity contribution in [1.82, 2.24) is 0 Å². The lowest BCUT2D eigenvalue weighted by Crippen LogP contribution is -2.50. The lowest BCUT2D eigenvalue weighted by atomic mass is 9.92. The monoisotopic (exact) mass is 382 g/mol. The van der Waals surface area contributed by atoms with Crippen molar-refractivity contribution in [2.24, 2.45) is 0 Å². The Hall–Kier alpha value is -0.693. The smallest absolute Gasteiger partial charge is 0.333 e. The van der Waals surface area contributed by atoms with E-state index in [1.807, 2.05) is 6.08 Å². The predicted molar refractivity (Wildman–Crippen MR) is 102 cm³/mol. The summed E-state index contributed by atoms with van der Waals surface area (Å²) >= 11 is 0. The molecule has 0 radical (unpaired) electrons. The SMILES string of the molecule is COC(=O)C1=C[C@H]2OC3(CCCCC3)O[C@H]2[C@H](O[Si](C)(C)C(C)(C)C)C1. The zero-order chi connectivity index (χ0) is 19.2. The van der Waals surface area contributed by atoms with Crippen molar-refractivity contribution in [3.05, 3.63) is 11.6 Å². The highest BCUT2D eigenvalue weighted by atomic mass is 28.4. The van der Waals surface area contributed by atoms with Gasteiger partial charge in [-0.15, -0.1) is 0 Å². The summed E-state index contributed by atoms with van der Waals surface area (Å²) in [6, 6.07) is 0. The van der Waals surface area contributed by atoms with Gasteiger partial charge in [0.15, 0.2) is 14.1 Å². The number of esters is 1. The highest BCUT2D eigenvalue weighted by Gasteiger charge is 2.54. The number of hydrogen-bond acceptors (Lipinski definition) is 5. The summed E-state index contributed by atoms with van der Waals surface area (Å²) in [7, 11) is -0.578. The molecule has 3 atom stereocenters. The molecule has 1 spiro atoms. The van der Waals surface area contributed by atoms with Crippen molar-refractivity contribution in [3.8, 4) is 0 Å². The molecule has 1 saturated carbocycles. The summed E-state index contributed by atoms with van der Waals surface area (Å²) in [5.74, 6) is -0.787. The van der Waals surface area contributed by atoms with E-state index in [0.29, 0.717) is 12.0 Å². The summed E-state index contributed by atoms with van der Waals surface area (Å²) in [5, 5.41) is 0.0943. The van der Waals surface area contributed by atoms with Gasteiger partial charge in [0.1, 0.15) is 12.2 Å². The van der Waals surface area contributed by atoms with Gasteiger partial charge in [-0.3, -0.25) is 0 Å². The quantitative estimate of drug-likeness (QED) is 0.537. The molecule has 5 nitrogen and oxygen atoms in total. The second kappa shape index (κ2) is 7.04. The van der Waals surface area contributed by atoms with Crippen molar-refractivity contribution in [3.63, 3.8) is 0 Å². The minimum absolute atomic E-state index is 0.0943. The Kier molecular flexibility index (Phi) is 5.43. The fourth-order valence-corrected chi connectivity index (χ4v) is 5.27. The maximum atomic E-state index is 12.2. The Labute approximate surface area is 158 Å². The fraction of sp³-hybridized carbons (Fsp3) is 0.850. The molecule has 0 N–H and O–H groups in total. The van der Waals surface area contributed by atoms with E-state index in [2.05, 4.69) is 33.9 Å². The third-order valence-electron chi connectivity index (χ3n) is 6.49. The Morgan fingerprint density at radius 3 is 2.42 bits per heavy atom. The van der Waals surface area contributed by atoms with Crippen molar-refractivity contribution in [1.29, 1.82) is 0 Å². The molecule has 2 aliphatic carbocycles. The Morgan fingerprint density at radius 2 is 1.85 bits per heavy atom. The maximum Gasteiger partial charge on any atom is 0.333 e. The van der Waals surface area contributed by atoms with Crippen LogP contribution < -0.4 is 0 Å². The van der Waals surface area contributed by atoms with Gasteiger partial charge in [-0.25, -0.2) is 4.79 Å². The number of rotatable bonds is 3. The van der Waals surface area contributed by atoms with E-state index in [9.17, 15) is 4.79 Å². The molecule has 26 heavy (non-hydrogen) atoms. The number of hydrogen-bond donors (Lipinski definition) is 0. The number of fused-ring (bicyclic) bond motifs is 1. The number of carbonyl (C=O) groups is 1. The highest BCUT2D eigenvalue weighted by Crippen LogP contribution is 2.46. The van der Waals surface area contributed by atoms with E-state index in [1.54, 1.807) is 0 Å². The largest absolute Gasteiger partial charge is 0.466 e. The second-order valence-electron chi connectivity index (χ2n) is 9.44. The molecule has 3 aliphatic rings. The molecule has 1 heterocycles. The zero-order valence-corrected chi connectivity index (χ0v) is 18.1. The van der Waals surface area contributed by atoms with E-state index in [-0.39, 0.29) is 29.3 Å². The number of ether oxygens (including phenoxy) is 3. The normalized spacial score (nSPS) is 31.5. The Morgan fingerprint density at radius 1 is 1.19 bits per heavy atom. The van der Waals surface area contributed by atoms with Crippen LogP contribution in [0.15, 0.2) is 11.6 Å². The Bertz CT molecular complexity index is 571. The van der Waals surface area contributed by atoms with E-state index in [0.717, 1.165) is 25.7 Å². The summed E-state index contributed by atoms with van der Waals surface area (Å²) in [4.78, 5) is 12.2. The lowest BCUT2D eigenvalue weighted by Gasteiger charge is -2.42. The zero-order valence-electron chi connectivity index (χ0n) is 17.1. The van der Waals surface area contributed by atoms with Crippen molar-refractivity contribution >= 4 is 14.3 Å². The molecule has 0 unspecified atom stereocenters. The molecule has 6 heteroatoms. The van der Waals surface area contributed by atoms with Crippen LogP contribution in [0, 0.1) is 0 Å². The minimum atomic E-state index is -2.00. The van der Waals surface area contributed by atoms with Crippen LogP contribution in [-0.2, 0) is 23.4 Å². The summed E-state index contributed by atoms with van der Waals surface area (Å²) in [6.07, 6.45) is 7.23. The van der Waals surface area contributed by atoms with Gasteiger partial charge in [-0.05, 0) is 37.0 Å². The van der Waals surface area contributed by atoms with Crippen molar-refractivity contribution < 1.29 is 23.4 Å². The molecule has 0 amide bonds. The van der Waals surface area contributed by atoms with Gasteiger partial charge >= 0.3 is 5.97 Å². The van der Waals surface area contributed by atoms with Crippen molar-refractivity contribution in [2.75, 3.05) is 7.11 Å². The first-order valence-electron chi connectivity index (χ1n) is 9.89. The molecule has 148 valence electrons. The van der Waals surface area contributed by atoms with Crippen LogP contribution in [0.3, 0.4) is 0 Å². The summed E-state index contributed by atoms with van der Waals surface area (Å²) < 4.78 is 24.6. The molecular formula is C20H34O5Si. The topological polar surface area (TPSA) is 54.0 Å². The molecule has 1 saturated heterocycles. The van der Waals surface area contributed by atoms with Crippen LogP contribution in [0.2, 0.25) is 18.1 Å². The van der Waals surface area contributed by atoms with Gasteiger partial charge in [-0.1, -0.05) is 27.2 Å². The van der Waals surface area contributed by atoms with Gasteiger partial charge in [-0.2, -0.15) is 0 Å². The molecule has 0 bridgehead atoms. The van der Waals surface area contributed by atoms with E-state index in [4.69, 9.17) is 18.6 Å². The van der Waals surface area contributed by atoms with E-state index < -0.39 is 14.1 Å². The maximum absolute atomic E-state index is 12.2. The van der Waals surface area contributed by atoms with E-state index in [1.165, 1.54) is 13.5 Å². The fourth-order valence-electron chi connectivity index (χ4n) is 3.95. The highest BCUT2D eigenvalue weighted by molar-refractivity contribution is 6.74. The second-order valence-corrected chi connectivity index (χ2v) is 14.2. The first-order chi connectivity index (χ1) is 12.1. The molecule has 1 aliphatic heterocycles. The Balaban J connectivity index is 1.86. The van der Waals surface area contributed by atoms with Crippen LogP contribution in [0.5, 0.6) is 0 Å². The summed E-state index contributed by atoms with van der Waals surface area (Å²) in [5.41, 5.74) is 0.647. The molecule has 0 aromatic heterocycles. The number of methoxy groups -OCH3 is 1. The van der Waals surface area contributed by atoms with Gasteiger partial charge in [0.05, 0.1) is 13.2 Å². The van der Waals surface area contributed by atoms with Crippen LogP contribution in [0.4, 0.5) is 0 Å². The van der Waals surface area contributed by atoms with Crippen molar-refractivity contribution in [2.45, 2.75) is 102 Å². The van der Waals surface area contributed by atoms with Crippen LogP contribution >= 0.6 is 0 Å². The lowest BCUT2D eigenvalue weighted by molar-refractivity contribution is -0.197. The summed E-state index contributed by atoms with van der Waals surface area (Å²) in [6.45, 7) is 11.2. The van der Waals surface area contributed by atoms with Gasteiger partial charge < -0.3 is 18.6 Å². The van der Waals surface area contributed by atoms with Gasteiger partial charge in [0, 0.05) is 24.8 Å². The van der Waals surface area contributed by atoms with Crippen LogP contribution in [0.25, 0.3) is 0 Å². The standard InChI is InChI=1S/C20H34O5Si/c1-19(2,3)26(5,6)25-16-13-14(18(21)22-4)12-15-17(16)24-20(23-15)10-8-7-9-11-20/h12,15-17H,7-11,13H2,1-6H3/t15-,16-,17-/m1/s1. The predicted octanol–water partition coefficient (Wildman–Crippen LogP) is 4.32. The van der Waals surface area contributed by atoms with Crippen LogP contribution in [0.1, 0.15) is 59.3 Å². The molecular weight excluding hydrogens is 348 g/mol. The van der Waals surface area contributed by atoms with Gasteiger partial charge in [0.25, 0.3) is 0 Å². The minimum Gasteiger partial charge on any atom is -0.466 e. The molecule has 3 rings (SSSR count). The average molecular weight is 383 g/mol.